The summed E-state index contributed by atoms with van der Waals surface area (Å²) in [5.41, 5.74) is 3.48. The highest BCUT2D eigenvalue weighted by Crippen LogP contribution is 2.42. The van der Waals surface area contributed by atoms with E-state index in [0.29, 0.717) is 36.4 Å². The first-order chi connectivity index (χ1) is 17.2. The molecular weight excluding hydrogens is 490 g/mol. The van der Waals surface area contributed by atoms with Crippen LogP contribution >= 0.6 is 0 Å². The lowest BCUT2D eigenvalue weighted by atomic mass is 9.88. The van der Waals surface area contributed by atoms with Gasteiger partial charge in [-0.1, -0.05) is 6.92 Å². The predicted molar refractivity (Wildman–Crippen MR) is 133 cm³/mol. The number of hydrogen-bond donors (Lipinski definition) is 1. The number of nitrogens with one attached hydrogen (secondary N) is 1. The van der Waals surface area contributed by atoms with Gasteiger partial charge in [0.15, 0.2) is 11.1 Å². The summed E-state index contributed by atoms with van der Waals surface area (Å²) in [5, 5.41) is 0.769. The fourth-order valence-electron chi connectivity index (χ4n) is 4.93. The van der Waals surface area contributed by atoms with Crippen molar-refractivity contribution in [3.63, 3.8) is 0 Å². The summed E-state index contributed by atoms with van der Waals surface area (Å²) in [6, 6.07) is 6.93. The standard InChI is InChI=1S/C26H30F2N2O5S/c1-15(26(31)33-3)14-30-10-9-18-19-13-17(27)5-7-21(19)29-24(18)25(30)23-16(2)22(8-6-20(23)28)34-11-12-35-36(4)32/h5-8,13,15,25,29H,9-12,14H2,1-4H3/t15-,25?,36?/m1/s1. The van der Waals surface area contributed by atoms with E-state index < -0.39 is 28.9 Å². The molecule has 0 bridgehead atoms. The van der Waals surface area contributed by atoms with Gasteiger partial charge in [-0.3, -0.25) is 13.9 Å². The monoisotopic (exact) mass is 520 g/mol. The fourth-order valence-corrected chi connectivity index (χ4v) is 5.23. The SMILES string of the molecule is COC(=O)[C@H](C)CN1CCc2c([nH]c3ccc(F)cc23)C1c1c(F)ccc(OCCOS(C)=O)c1C. The van der Waals surface area contributed by atoms with E-state index in [9.17, 15) is 13.4 Å². The number of fused-ring (bicyclic) bond motifs is 3. The lowest BCUT2D eigenvalue weighted by Crippen LogP contribution is -2.41. The third-order valence-electron chi connectivity index (χ3n) is 6.58. The maximum Gasteiger partial charge on any atom is 0.309 e. The smallest absolute Gasteiger partial charge is 0.309 e. The zero-order valence-electron chi connectivity index (χ0n) is 20.7. The number of methoxy groups -OCH3 is 1. The van der Waals surface area contributed by atoms with Crippen LogP contribution in [0.3, 0.4) is 0 Å². The largest absolute Gasteiger partial charge is 0.491 e. The summed E-state index contributed by atoms with van der Waals surface area (Å²) < 4.78 is 56.6. The molecule has 0 spiro atoms. The zero-order valence-corrected chi connectivity index (χ0v) is 21.5. The molecule has 3 atom stereocenters. The van der Waals surface area contributed by atoms with Crippen LogP contribution in [-0.4, -0.2) is 59.7 Å². The van der Waals surface area contributed by atoms with Crippen molar-refractivity contribution in [2.24, 2.45) is 5.92 Å². The molecule has 4 rings (SSSR count). The quantitative estimate of drug-likeness (QED) is 0.337. The summed E-state index contributed by atoms with van der Waals surface area (Å²) in [7, 11) is 1.35. The van der Waals surface area contributed by atoms with Crippen molar-refractivity contribution in [2.75, 3.05) is 39.7 Å². The number of aromatic amines is 1. The van der Waals surface area contributed by atoms with Crippen LogP contribution in [0.25, 0.3) is 10.9 Å². The number of halogens is 2. The summed E-state index contributed by atoms with van der Waals surface area (Å²) >= 11 is -1.41. The molecule has 1 N–H and O–H groups in total. The first kappa shape index (κ1) is 26.2. The molecular formula is C26H30F2N2O5S. The summed E-state index contributed by atoms with van der Waals surface area (Å²) in [6.07, 6.45) is 2.05. The Morgan fingerprint density at radius 3 is 2.75 bits per heavy atom. The maximum absolute atomic E-state index is 15.5. The van der Waals surface area contributed by atoms with E-state index in [4.69, 9.17) is 13.7 Å². The Hall–Kier alpha value is -2.82. The van der Waals surface area contributed by atoms with Gasteiger partial charge in [0.1, 0.15) is 24.0 Å². The first-order valence-corrected chi connectivity index (χ1v) is 13.2. The molecule has 7 nitrogen and oxygen atoms in total. The van der Waals surface area contributed by atoms with E-state index in [2.05, 4.69) is 4.98 Å². The normalized spacial score (nSPS) is 17.6. The van der Waals surface area contributed by atoms with Crippen LogP contribution in [0.5, 0.6) is 5.75 Å². The first-order valence-electron chi connectivity index (χ1n) is 11.7. The number of esters is 1. The number of H-pyrrole nitrogens is 1. The van der Waals surface area contributed by atoms with Gasteiger partial charge in [-0.25, -0.2) is 13.0 Å². The summed E-state index contributed by atoms with van der Waals surface area (Å²) in [4.78, 5) is 17.7. The van der Waals surface area contributed by atoms with Crippen molar-refractivity contribution in [1.29, 1.82) is 0 Å². The molecule has 3 aromatic rings. The molecule has 0 saturated carbocycles. The molecule has 2 heterocycles. The van der Waals surface area contributed by atoms with Gasteiger partial charge < -0.3 is 14.5 Å². The Bertz CT molecular complexity index is 1300. The number of aromatic nitrogens is 1. The number of carbonyl (C=O) groups excluding carboxylic acids is 1. The third kappa shape index (κ3) is 5.30. The second-order valence-electron chi connectivity index (χ2n) is 8.93. The van der Waals surface area contributed by atoms with Crippen LogP contribution in [0.15, 0.2) is 30.3 Å². The molecule has 0 amide bonds. The van der Waals surface area contributed by atoms with E-state index >= 15 is 4.39 Å². The fraction of sp³-hybridized carbons (Fsp3) is 0.423. The van der Waals surface area contributed by atoms with Crippen molar-refractivity contribution in [3.05, 3.63) is 64.4 Å². The molecule has 1 aliphatic heterocycles. The van der Waals surface area contributed by atoms with Crippen LogP contribution in [0.2, 0.25) is 0 Å². The Kier molecular flexibility index (Phi) is 8.07. The van der Waals surface area contributed by atoms with Crippen LogP contribution in [0, 0.1) is 24.5 Å². The minimum atomic E-state index is -1.41. The van der Waals surface area contributed by atoms with Gasteiger partial charge in [-0.05, 0) is 54.8 Å². The van der Waals surface area contributed by atoms with E-state index in [1.807, 2.05) is 4.90 Å². The van der Waals surface area contributed by atoms with Crippen molar-refractivity contribution < 1.29 is 31.4 Å². The van der Waals surface area contributed by atoms with E-state index in [1.54, 1.807) is 26.0 Å². The molecule has 36 heavy (non-hydrogen) atoms. The predicted octanol–water partition coefficient (Wildman–Crippen LogP) is 4.20. The minimum absolute atomic E-state index is 0.124. The Balaban J connectivity index is 1.79. The van der Waals surface area contributed by atoms with Crippen molar-refractivity contribution in [1.82, 2.24) is 9.88 Å². The Labute approximate surface area is 211 Å². The molecule has 1 aromatic heterocycles. The van der Waals surface area contributed by atoms with Gasteiger partial charge in [0, 0.05) is 41.5 Å². The van der Waals surface area contributed by atoms with Crippen molar-refractivity contribution in [3.8, 4) is 5.75 Å². The topological polar surface area (TPSA) is 80.9 Å². The van der Waals surface area contributed by atoms with E-state index in [1.165, 1.54) is 31.6 Å². The highest BCUT2D eigenvalue weighted by Gasteiger charge is 2.36. The maximum atomic E-state index is 15.5. The Morgan fingerprint density at radius 2 is 2.03 bits per heavy atom. The van der Waals surface area contributed by atoms with E-state index in [-0.39, 0.29) is 25.0 Å². The van der Waals surface area contributed by atoms with Gasteiger partial charge in [-0.2, -0.15) is 0 Å². The molecule has 194 valence electrons. The highest BCUT2D eigenvalue weighted by molar-refractivity contribution is 7.79. The van der Waals surface area contributed by atoms with Gasteiger partial charge in [-0.15, -0.1) is 0 Å². The molecule has 0 fully saturated rings. The summed E-state index contributed by atoms with van der Waals surface area (Å²) in [6.45, 7) is 4.73. The van der Waals surface area contributed by atoms with Crippen LogP contribution in [-0.2, 0) is 31.2 Å². The van der Waals surface area contributed by atoms with E-state index in [0.717, 1.165) is 22.2 Å². The second-order valence-corrected chi connectivity index (χ2v) is 9.97. The number of hydrogen-bond acceptors (Lipinski definition) is 6. The molecule has 1 aliphatic rings. The second kappa shape index (κ2) is 11.1. The van der Waals surface area contributed by atoms with Gasteiger partial charge >= 0.3 is 5.97 Å². The third-order valence-corrected chi connectivity index (χ3v) is 7.07. The van der Waals surface area contributed by atoms with Crippen molar-refractivity contribution in [2.45, 2.75) is 26.3 Å². The lowest BCUT2D eigenvalue weighted by Gasteiger charge is -2.38. The zero-order chi connectivity index (χ0) is 26.0. The molecule has 0 saturated heterocycles. The molecule has 2 aromatic carbocycles. The van der Waals surface area contributed by atoms with Gasteiger partial charge in [0.25, 0.3) is 0 Å². The average Bonchev–Trinajstić information content (AvgIpc) is 3.21. The molecule has 0 radical (unpaired) electrons. The van der Waals surface area contributed by atoms with Crippen LogP contribution < -0.4 is 4.74 Å². The molecule has 10 heteroatoms. The number of rotatable bonds is 9. The van der Waals surface area contributed by atoms with Gasteiger partial charge in [0.2, 0.25) is 0 Å². The summed E-state index contributed by atoms with van der Waals surface area (Å²) in [5.74, 6) is -1.05. The molecule has 0 aliphatic carbocycles. The average molecular weight is 521 g/mol. The number of nitrogens with zero attached hydrogens (tertiary/aromatic N) is 1. The lowest BCUT2D eigenvalue weighted by molar-refractivity contribution is -0.145. The number of ether oxygens (including phenoxy) is 2. The van der Waals surface area contributed by atoms with Crippen LogP contribution in [0.4, 0.5) is 8.78 Å². The van der Waals surface area contributed by atoms with Gasteiger partial charge in [0.05, 0.1) is 25.7 Å². The highest BCUT2D eigenvalue weighted by atomic mass is 32.2. The van der Waals surface area contributed by atoms with Crippen LogP contribution in [0.1, 0.15) is 35.3 Å². The number of benzene rings is 2. The number of carbonyl (C=O) groups is 1. The van der Waals surface area contributed by atoms with Crippen molar-refractivity contribution >= 4 is 28.0 Å². The minimum Gasteiger partial charge on any atom is -0.491 e. The Morgan fingerprint density at radius 1 is 1.25 bits per heavy atom. The molecule has 2 unspecified atom stereocenters.